The highest BCUT2D eigenvalue weighted by atomic mass is 32.2. The topological polar surface area (TPSA) is 84.8 Å². The third kappa shape index (κ3) is 7.87. The number of hydrogen-bond donors (Lipinski definition) is 1. The van der Waals surface area contributed by atoms with Crippen LogP contribution in [0.5, 0.6) is 0 Å². The summed E-state index contributed by atoms with van der Waals surface area (Å²) in [6, 6.07) is 0. The Morgan fingerprint density at radius 1 is 1.33 bits per heavy atom. The van der Waals surface area contributed by atoms with Crippen molar-refractivity contribution in [1.82, 2.24) is 0 Å². The van der Waals surface area contributed by atoms with Crippen LogP contribution in [-0.4, -0.2) is 25.3 Å². The van der Waals surface area contributed by atoms with Crippen molar-refractivity contribution in [2.24, 2.45) is 0 Å². The number of rotatable bonds is 4. The van der Waals surface area contributed by atoms with Crippen LogP contribution in [0.1, 0.15) is 12.8 Å². The van der Waals surface area contributed by atoms with Crippen LogP contribution in [0.4, 0.5) is 0 Å². The highest BCUT2D eigenvalue weighted by Crippen LogP contribution is 1.90. The van der Waals surface area contributed by atoms with Crippen molar-refractivity contribution >= 4 is 10.1 Å². The van der Waals surface area contributed by atoms with E-state index in [4.69, 9.17) is 0 Å². The normalized spacial score (nSPS) is 11.8. The van der Waals surface area contributed by atoms with Crippen LogP contribution in [0.25, 0.3) is 0 Å². The van der Waals surface area contributed by atoms with Gasteiger partial charge in [-0.25, -0.2) is 8.42 Å². The van der Waals surface area contributed by atoms with Crippen LogP contribution in [0.2, 0.25) is 0 Å². The van der Waals surface area contributed by atoms with E-state index in [1.165, 1.54) is 0 Å². The van der Waals surface area contributed by atoms with E-state index in [0.29, 0.717) is 19.4 Å². The molecule has 0 aliphatic heterocycles. The fourth-order valence-electron chi connectivity index (χ4n) is 0.456. The van der Waals surface area contributed by atoms with Gasteiger partial charge in [0.2, 0.25) is 0 Å². The van der Waals surface area contributed by atoms with E-state index in [2.05, 4.69) is 5.73 Å². The Labute approximate surface area is 54.8 Å². The predicted molar refractivity (Wildman–Crippen MR) is 31.6 cm³/mol. The van der Waals surface area contributed by atoms with Gasteiger partial charge in [-0.05, 0) is 12.8 Å². The molecule has 9 heavy (non-hydrogen) atoms. The first kappa shape index (κ1) is 8.87. The van der Waals surface area contributed by atoms with Gasteiger partial charge >= 0.3 is 0 Å². The molecule has 0 unspecified atom stereocenters. The highest BCUT2D eigenvalue weighted by Gasteiger charge is 1.93. The Balaban J connectivity index is 3.30. The van der Waals surface area contributed by atoms with Gasteiger partial charge in [-0.3, -0.25) is 0 Å². The first-order valence-electron chi connectivity index (χ1n) is 2.79. The Morgan fingerprint density at radius 3 is 2.22 bits per heavy atom. The van der Waals surface area contributed by atoms with E-state index in [-0.39, 0.29) is 5.75 Å². The maximum absolute atomic E-state index is 9.93. The third-order valence-corrected chi connectivity index (χ3v) is 1.68. The number of quaternary nitrogens is 1. The fourth-order valence-corrected chi connectivity index (χ4v) is 1.01. The molecule has 0 saturated heterocycles. The van der Waals surface area contributed by atoms with Gasteiger partial charge < -0.3 is 10.3 Å². The molecule has 3 N–H and O–H groups in total. The third-order valence-electron chi connectivity index (χ3n) is 0.894. The lowest BCUT2D eigenvalue weighted by molar-refractivity contribution is -0.368. The Hall–Kier alpha value is -0.130. The first-order chi connectivity index (χ1) is 4.06. The van der Waals surface area contributed by atoms with E-state index >= 15 is 0 Å². The van der Waals surface area contributed by atoms with Gasteiger partial charge in [0.15, 0.2) is 0 Å². The summed E-state index contributed by atoms with van der Waals surface area (Å²) >= 11 is 0. The smallest absolute Gasteiger partial charge is 0.0945 e. The van der Waals surface area contributed by atoms with Crippen LogP contribution in [0.3, 0.4) is 0 Å². The predicted octanol–water partition coefficient (Wildman–Crippen LogP) is -1.45. The molecule has 0 bridgehead atoms. The molecule has 0 aromatic carbocycles. The summed E-state index contributed by atoms with van der Waals surface area (Å²) in [5.41, 5.74) is 3.51. The van der Waals surface area contributed by atoms with Gasteiger partial charge in [0.1, 0.15) is 0 Å². The maximum atomic E-state index is 9.93. The summed E-state index contributed by atoms with van der Waals surface area (Å²) < 4.78 is 29.8. The summed E-state index contributed by atoms with van der Waals surface area (Å²) in [6.07, 6.45) is 1.15. The molecule has 0 radical (unpaired) electrons. The molecular formula is C4H11NO3S. The quantitative estimate of drug-likeness (QED) is 0.396. The zero-order valence-electron chi connectivity index (χ0n) is 5.17. The maximum Gasteiger partial charge on any atom is 0.0945 e. The average Bonchev–Trinajstić information content (AvgIpc) is 1.63. The van der Waals surface area contributed by atoms with E-state index in [1.807, 2.05) is 0 Å². The summed E-state index contributed by atoms with van der Waals surface area (Å²) in [4.78, 5) is 0. The molecule has 0 aromatic rings. The van der Waals surface area contributed by atoms with Crippen molar-refractivity contribution in [2.45, 2.75) is 12.8 Å². The molecule has 4 nitrogen and oxygen atoms in total. The van der Waals surface area contributed by atoms with E-state index < -0.39 is 10.1 Å². The summed E-state index contributed by atoms with van der Waals surface area (Å²) in [7, 11) is -3.97. The zero-order chi connectivity index (χ0) is 7.33. The zero-order valence-corrected chi connectivity index (χ0v) is 5.99. The van der Waals surface area contributed by atoms with E-state index in [0.717, 1.165) is 0 Å². The van der Waals surface area contributed by atoms with Crippen molar-refractivity contribution in [2.75, 3.05) is 12.3 Å². The van der Waals surface area contributed by atoms with E-state index in [9.17, 15) is 13.0 Å². The summed E-state index contributed by atoms with van der Waals surface area (Å²) in [5.74, 6) is -0.248. The molecule has 0 aromatic heterocycles. The monoisotopic (exact) mass is 153 g/mol. The van der Waals surface area contributed by atoms with Gasteiger partial charge in [0.25, 0.3) is 0 Å². The van der Waals surface area contributed by atoms with Crippen LogP contribution in [0, 0.1) is 0 Å². The lowest BCUT2D eigenvalue weighted by Gasteiger charge is -2.03. The van der Waals surface area contributed by atoms with Gasteiger partial charge in [0.05, 0.1) is 16.7 Å². The van der Waals surface area contributed by atoms with Gasteiger partial charge in [-0.2, -0.15) is 0 Å². The van der Waals surface area contributed by atoms with Gasteiger partial charge in [-0.1, -0.05) is 0 Å². The Morgan fingerprint density at radius 2 is 1.89 bits per heavy atom. The molecule has 0 fully saturated rings. The molecule has 5 heteroatoms. The molecule has 0 aliphatic carbocycles. The fraction of sp³-hybridized carbons (Fsp3) is 1.00. The lowest BCUT2D eigenvalue weighted by atomic mass is 10.3. The molecule has 0 aliphatic rings. The molecule has 0 saturated carbocycles. The molecule has 0 heterocycles. The Bertz CT molecular complexity index is 151. The molecule has 56 valence electrons. The van der Waals surface area contributed by atoms with Crippen LogP contribution in [0.15, 0.2) is 0 Å². The summed E-state index contributed by atoms with van der Waals surface area (Å²) in [6.45, 7) is 0.690. The van der Waals surface area contributed by atoms with Crippen molar-refractivity contribution in [1.29, 1.82) is 0 Å². The van der Waals surface area contributed by atoms with Crippen LogP contribution in [-0.2, 0) is 10.1 Å². The van der Waals surface area contributed by atoms with Crippen LogP contribution < -0.4 is 5.73 Å². The van der Waals surface area contributed by atoms with Crippen LogP contribution >= 0.6 is 0 Å². The average molecular weight is 153 g/mol. The minimum Gasteiger partial charge on any atom is -0.748 e. The largest absolute Gasteiger partial charge is 0.748 e. The molecule has 0 spiro atoms. The van der Waals surface area contributed by atoms with Gasteiger partial charge in [0, 0.05) is 5.75 Å². The SMILES string of the molecule is [NH3+]CCCCS(=O)(=O)[O-]. The molecule has 0 rings (SSSR count). The van der Waals surface area contributed by atoms with Crippen molar-refractivity contribution in [3.8, 4) is 0 Å². The Kier molecular flexibility index (Phi) is 3.76. The standard InChI is InChI=1S/C4H11NO3S/c5-3-1-2-4-9(6,7)8/h1-5H2,(H,6,7,8). The molecular weight excluding hydrogens is 142 g/mol. The second-order valence-electron chi connectivity index (χ2n) is 1.82. The van der Waals surface area contributed by atoms with Crippen molar-refractivity contribution in [3.63, 3.8) is 0 Å². The van der Waals surface area contributed by atoms with Crippen molar-refractivity contribution < 1.29 is 18.7 Å². The second kappa shape index (κ2) is 3.81. The lowest BCUT2D eigenvalue weighted by Crippen LogP contribution is -2.50. The molecule has 0 amide bonds. The first-order valence-corrected chi connectivity index (χ1v) is 4.37. The second-order valence-corrected chi connectivity index (χ2v) is 3.35. The van der Waals surface area contributed by atoms with Gasteiger partial charge in [-0.15, -0.1) is 0 Å². The minimum absolute atomic E-state index is 0.248. The molecule has 0 atom stereocenters. The highest BCUT2D eigenvalue weighted by molar-refractivity contribution is 7.85. The number of unbranched alkanes of at least 4 members (excludes halogenated alkanes) is 1. The number of hydrogen-bond acceptors (Lipinski definition) is 3. The van der Waals surface area contributed by atoms with E-state index in [1.54, 1.807) is 0 Å². The minimum atomic E-state index is -3.97. The summed E-state index contributed by atoms with van der Waals surface area (Å²) in [5, 5.41) is 0. The van der Waals surface area contributed by atoms with Crippen molar-refractivity contribution in [3.05, 3.63) is 0 Å².